The maximum atomic E-state index is 2.44. The van der Waals surface area contributed by atoms with Gasteiger partial charge in [-0.15, -0.1) is 0 Å². The van der Waals surface area contributed by atoms with E-state index < -0.39 is 5.41 Å². The minimum absolute atomic E-state index is 0.480. The molecule has 0 unspecified atom stereocenters. The van der Waals surface area contributed by atoms with Crippen molar-refractivity contribution in [1.82, 2.24) is 0 Å². The van der Waals surface area contributed by atoms with Gasteiger partial charge in [0, 0.05) is 17.1 Å². The molecule has 1 nitrogen and oxygen atoms in total. The van der Waals surface area contributed by atoms with E-state index in [0.29, 0.717) is 0 Å². The molecule has 0 saturated carbocycles. The van der Waals surface area contributed by atoms with Gasteiger partial charge in [0.2, 0.25) is 0 Å². The Kier molecular flexibility index (Phi) is 8.12. The summed E-state index contributed by atoms with van der Waals surface area (Å²) in [6.07, 6.45) is 0. The zero-order chi connectivity index (χ0) is 38.5. The summed E-state index contributed by atoms with van der Waals surface area (Å²) in [4.78, 5) is 2.40. The molecule has 0 heterocycles. The lowest BCUT2D eigenvalue weighted by molar-refractivity contribution is 0.768. The Morgan fingerprint density at radius 3 is 1.38 bits per heavy atom. The lowest BCUT2D eigenvalue weighted by atomic mass is 9.67. The van der Waals surface area contributed by atoms with Crippen molar-refractivity contribution in [3.63, 3.8) is 0 Å². The first kappa shape index (κ1) is 33.8. The molecule has 11 rings (SSSR count). The summed E-state index contributed by atoms with van der Waals surface area (Å²) in [7, 11) is 0. The highest BCUT2D eigenvalue weighted by atomic mass is 15.1. The van der Waals surface area contributed by atoms with Crippen LogP contribution in [0.3, 0.4) is 0 Å². The van der Waals surface area contributed by atoms with Crippen LogP contribution in [0.25, 0.3) is 54.9 Å². The molecule has 0 spiro atoms. The van der Waals surface area contributed by atoms with Crippen molar-refractivity contribution in [3.8, 4) is 33.4 Å². The van der Waals surface area contributed by atoms with Crippen LogP contribution in [0.4, 0.5) is 17.1 Å². The van der Waals surface area contributed by atoms with Gasteiger partial charge in [0.25, 0.3) is 0 Å². The first-order valence-corrected chi connectivity index (χ1v) is 20.1. The summed E-state index contributed by atoms with van der Waals surface area (Å²) in [6.45, 7) is 0. The van der Waals surface area contributed by atoms with Gasteiger partial charge in [-0.3, -0.25) is 0 Å². The minimum Gasteiger partial charge on any atom is -0.310 e. The fraction of sp³-hybridized carbons (Fsp3) is 0.0175. The molecule has 10 aromatic rings. The summed E-state index contributed by atoms with van der Waals surface area (Å²) in [5.74, 6) is 0. The number of nitrogens with zero attached hydrogens (tertiary/aromatic N) is 1. The topological polar surface area (TPSA) is 3.24 Å². The Balaban J connectivity index is 1.08. The number of fused-ring (bicyclic) bond motifs is 5. The van der Waals surface area contributed by atoms with E-state index in [0.717, 1.165) is 17.1 Å². The van der Waals surface area contributed by atoms with Crippen LogP contribution >= 0.6 is 0 Å². The second-order valence-electron chi connectivity index (χ2n) is 15.3. The number of hydrogen-bond donors (Lipinski definition) is 0. The predicted octanol–water partition coefficient (Wildman–Crippen LogP) is 15.2. The molecular formula is C57H39N. The molecule has 58 heavy (non-hydrogen) atoms. The predicted molar refractivity (Wildman–Crippen MR) is 244 cm³/mol. The zero-order valence-electron chi connectivity index (χ0n) is 32.0. The summed E-state index contributed by atoms with van der Waals surface area (Å²) < 4.78 is 0. The minimum atomic E-state index is -0.480. The molecule has 1 heteroatoms. The Hall–Kier alpha value is -7.48. The maximum Gasteiger partial charge on any atom is 0.0714 e. The van der Waals surface area contributed by atoms with Crippen molar-refractivity contribution in [2.45, 2.75) is 5.41 Å². The SMILES string of the molecule is c1ccc(N(c2ccc(-c3cc4ccccc4cc3-c3ccc4ccccc4c3)cc2)c2ccc3c(c2)C(c2ccccc2)(c2ccccc2)c2ccccc2-3)cc1. The third-order valence-corrected chi connectivity index (χ3v) is 12.1. The van der Waals surface area contributed by atoms with E-state index in [1.807, 2.05) is 0 Å². The number of anilines is 3. The van der Waals surface area contributed by atoms with E-state index in [9.17, 15) is 0 Å². The standard InChI is InChI=1S/C57H39N/c1-4-20-46(21-5-1)57(47-22-6-2-7-23-47)55-27-15-14-26-51(55)52-35-34-50(39-56(52)57)58(48-24-8-3-9-25-48)49-32-30-41(31-33-49)53-37-43-18-12-13-19-44(43)38-54(53)45-29-28-40-16-10-11-17-42(40)36-45/h1-39H. The first-order chi connectivity index (χ1) is 28.8. The van der Waals surface area contributed by atoms with Gasteiger partial charge in [0.15, 0.2) is 0 Å². The summed E-state index contributed by atoms with van der Waals surface area (Å²) in [5, 5.41) is 4.96. The monoisotopic (exact) mass is 737 g/mol. The third-order valence-electron chi connectivity index (χ3n) is 12.1. The normalized spacial score (nSPS) is 12.6. The van der Waals surface area contributed by atoms with E-state index in [2.05, 4.69) is 241 Å². The van der Waals surface area contributed by atoms with Gasteiger partial charge in [-0.05, 0) is 132 Å². The van der Waals surface area contributed by atoms with Crippen molar-refractivity contribution in [2.24, 2.45) is 0 Å². The second-order valence-corrected chi connectivity index (χ2v) is 15.3. The molecule has 0 amide bonds. The Morgan fingerprint density at radius 2 is 0.724 bits per heavy atom. The Bertz CT molecular complexity index is 3050. The molecular weight excluding hydrogens is 699 g/mol. The Labute approximate surface area is 339 Å². The molecule has 272 valence electrons. The quantitative estimate of drug-likeness (QED) is 0.157. The Morgan fingerprint density at radius 1 is 0.259 bits per heavy atom. The molecule has 0 fully saturated rings. The first-order valence-electron chi connectivity index (χ1n) is 20.1. The van der Waals surface area contributed by atoms with Crippen LogP contribution in [0, 0.1) is 0 Å². The van der Waals surface area contributed by atoms with Gasteiger partial charge < -0.3 is 4.90 Å². The van der Waals surface area contributed by atoms with Gasteiger partial charge in [0.1, 0.15) is 0 Å². The fourth-order valence-electron chi connectivity index (χ4n) is 9.46. The van der Waals surface area contributed by atoms with Crippen molar-refractivity contribution in [1.29, 1.82) is 0 Å². The molecule has 0 aliphatic heterocycles. The second kappa shape index (κ2) is 13.9. The van der Waals surface area contributed by atoms with Gasteiger partial charge >= 0.3 is 0 Å². The number of hydrogen-bond acceptors (Lipinski definition) is 1. The molecule has 0 N–H and O–H groups in total. The largest absolute Gasteiger partial charge is 0.310 e. The van der Waals surface area contributed by atoms with Crippen LogP contribution in [-0.4, -0.2) is 0 Å². The average Bonchev–Trinajstić information content (AvgIpc) is 3.60. The maximum absolute atomic E-state index is 2.44. The average molecular weight is 738 g/mol. The van der Waals surface area contributed by atoms with Gasteiger partial charge in [-0.2, -0.15) is 0 Å². The molecule has 0 radical (unpaired) electrons. The number of para-hydroxylation sites is 1. The van der Waals surface area contributed by atoms with Crippen LogP contribution < -0.4 is 4.90 Å². The van der Waals surface area contributed by atoms with E-state index >= 15 is 0 Å². The van der Waals surface area contributed by atoms with Crippen LogP contribution in [0.15, 0.2) is 237 Å². The van der Waals surface area contributed by atoms with Crippen molar-refractivity contribution >= 4 is 38.6 Å². The molecule has 10 aromatic carbocycles. The van der Waals surface area contributed by atoms with E-state index in [1.54, 1.807) is 0 Å². The molecule has 0 saturated heterocycles. The number of rotatable bonds is 7. The molecule has 1 aliphatic carbocycles. The van der Waals surface area contributed by atoms with E-state index in [-0.39, 0.29) is 0 Å². The molecule has 0 atom stereocenters. The lowest BCUT2D eigenvalue weighted by Crippen LogP contribution is -2.28. The van der Waals surface area contributed by atoms with E-state index in [4.69, 9.17) is 0 Å². The van der Waals surface area contributed by atoms with Crippen molar-refractivity contribution in [2.75, 3.05) is 4.90 Å². The highest BCUT2D eigenvalue weighted by molar-refractivity contribution is 5.99. The molecule has 1 aliphatic rings. The van der Waals surface area contributed by atoms with Crippen molar-refractivity contribution < 1.29 is 0 Å². The lowest BCUT2D eigenvalue weighted by Gasteiger charge is -2.35. The van der Waals surface area contributed by atoms with Crippen LogP contribution in [-0.2, 0) is 5.41 Å². The molecule has 0 aromatic heterocycles. The highest BCUT2D eigenvalue weighted by Gasteiger charge is 2.46. The van der Waals surface area contributed by atoms with E-state index in [1.165, 1.54) is 77.2 Å². The van der Waals surface area contributed by atoms with Gasteiger partial charge in [-0.25, -0.2) is 0 Å². The fourth-order valence-corrected chi connectivity index (χ4v) is 9.46. The van der Waals surface area contributed by atoms with Gasteiger partial charge in [-0.1, -0.05) is 182 Å². The van der Waals surface area contributed by atoms with Crippen LogP contribution in [0.1, 0.15) is 22.3 Å². The van der Waals surface area contributed by atoms with Gasteiger partial charge in [0.05, 0.1) is 5.41 Å². The van der Waals surface area contributed by atoms with Crippen molar-refractivity contribution in [3.05, 3.63) is 259 Å². The summed E-state index contributed by atoms with van der Waals surface area (Å²) in [5.41, 5.74) is 15.4. The summed E-state index contributed by atoms with van der Waals surface area (Å²) in [6, 6.07) is 86.8. The smallest absolute Gasteiger partial charge is 0.0714 e. The van der Waals surface area contributed by atoms with Crippen LogP contribution in [0.5, 0.6) is 0 Å². The third kappa shape index (κ3) is 5.47. The highest BCUT2D eigenvalue weighted by Crippen LogP contribution is 2.57. The zero-order valence-corrected chi connectivity index (χ0v) is 32.0. The molecule has 0 bridgehead atoms. The number of benzene rings is 10. The van der Waals surface area contributed by atoms with Crippen LogP contribution in [0.2, 0.25) is 0 Å². The summed E-state index contributed by atoms with van der Waals surface area (Å²) >= 11 is 0.